The van der Waals surface area contributed by atoms with Gasteiger partial charge < -0.3 is 10.0 Å². The molecule has 1 aromatic rings. The molecule has 0 unspecified atom stereocenters. The summed E-state index contributed by atoms with van der Waals surface area (Å²) in [6.45, 7) is 3.71. The lowest BCUT2D eigenvalue weighted by Gasteiger charge is -2.12. The maximum absolute atomic E-state index is 12.0. The molecule has 92 valence electrons. The molecule has 1 fully saturated rings. The normalized spacial score (nSPS) is 15.2. The van der Waals surface area contributed by atoms with Crippen molar-refractivity contribution in [3.05, 3.63) is 17.5 Å². The van der Waals surface area contributed by atoms with Gasteiger partial charge >= 0.3 is 5.97 Å². The Bertz CT molecular complexity index is 447. The van der Waals surface area contributed by atoms with Crippen LogP contribution in [-0.4, -0.2) is 44.8 Å². The first-order valence-electron chi connectivity index (χ1n) is 5.74. The van der Waals surface area contributed by atoms with Crippen LogP contribution >= 0.6 is 0 Å². The van der Waals surface area contributed by atoms with Crippen molar-refractivity contribution >= 4 is 11.9 Å². The second-order valence-electron chi connectivity index (χ2n) is 4.04. The minimum Gasteiger partial charge on any atom is -0.477 e. The molecule has 1 N–H and O–H groups in total. The number of amides is 1. The average molecular weight is 237 g/mol. The zero-order valence-corrected chi connectivity index (χ0v) is 9.72. The summed E-state index contributed by atoms with van der Waals surface area (Å²) in [4.78, 5) is 24.7. The lowest BCUT2D eigenvalue weighted by atomic mass is 10.3. The van der Waals surface area contributed by atoms with E-state index in [1.54, 1.807) is 11.8 Å². The number of carboxylic acids is 1. The van der Waals surface area contributed by atoms with Gasteiger partial charge in [0.1, 0.15) is 5.69 Å². The van der Waals surface area contributed by atoms with Crippen molar-refractivity contribution in [3.63, 3.8) is 0 Å². The van der Waals surface area contributed by atoms with E-state index < -0.39 is 5.97 Å². The Morgan fingerprint density at radius 3 is 2.53 bits per heavy atom. The number of carbonyl (C=O) groups is 2. The summed E-state index contributed by atoms with van der Waals surface area (Å²) < 4.78 is 1.34. The first-order valence-corrected chi connectivity index (χ1v) is 5.74. The Hall–Kier alpha value is -1.85. The molecule has 0 bridgehead atoms. The first kappa shape index (κ1) is 11.6. The van der Waals surface area contributed by atoms with E-state index in [-0.39, 0.29) is 17.3 Å². The Balaban J connectivity index is 2.26. The van der Waals surface area contributed by atoms with Gasteiger partial charge in [0.05, 0.1) is 0 Å². The highest BCUT2D eigenvalue weighted by molar-refractivity contribution is 5.95. The van der Waals surface area contributed by atoms with Crippen LogP contribution in [0.2, 0.25) is 0 Å². The van der Waals surface area contributed by atoms with Crippen LogP contribution in [0.5, 0.6) is 0 Å². The molecule has 1 aliphatic heterocycles. The highest BCUT2D eigenvalue weighted by Gasteiger charge is 2.24. The molecule has 1 aromatic heterocycles. The van der Waals surface area contributed by atoms with Crippen molar-refractivity contribution in [1.29, 1.82) is 0 Å². The molecule has 1 amide bonds. The maximum atomic E-state index is 12.0. The summed E-state index contributed by atoms with van der Waals surface area (Å²) in [5.74, 6) is -1.22. The molecule has 1 aliphatic rings. The van der Waals surface area contributed by atoms with Gasteiger partial charge in [0.25, 0.3) is 5.91 Å². The lowest BCUT2D eigenvalue weighted by molar-refractivity contribution is 0.0683. The van der Waals surface area contributed by atoms with E-state index in [1.807, 2.05) is 0 Å². The van der Waals surface area contributed by atoms with Crippen LogP contribution in [-0.2, 0) is 6.54 Å². The second-order valence-corrected chi connectivity index (χ2v) is 4.04. The van der Waals surface area contributed by atoms with Crippen molar-refractivity contribution in [3.8, 4) is 0 Å². The quantitative estimate of drug-likeness (QED) is 0.845. The van der Waals surface area contributed by atoms with Gasteiger partial charge in [-0.1, -0.05) is 0 Å². The summed E-state index contributed by atoms with van der Waals surface area (Å²) in [7, 11) is 0. The van der Waals surface area contributed by atoms with Crippen LogP contribution in [0, 0.1) is 0 Å². The molecule has 0 radical (unpaired) electrons. The average Bonchev–Trinajstić information content (AvgIpc) is 2.97. The summed E-state index contributed by atoms with van der Waals surface area (Å²) in [5, 5.41) is 13.0. The van der Waals surface area contributed by atoms with E-state index in [2.05, 4.69) is 5.10 Å². The summed E-state index contributed by atoms with van der Waals surface area (Å²) in [6, 6.07) is 1.35. The predicted octanol–water partition coefficient (Wildman–Crippen LogP) is 0.837. The number of carboxylic acid groups (broad SMARTS) is 1. The molecule has 1 saturated heterocycles. The smallest absolute Gasteiger partial charge is 0.354 e. The van der Waals surface area contributed by atoms with Crippen molar-refractivity contribution in [2.24, 2.45) is 0 Å². The Morgan fingerprint density at radius 1 is 1.41 bits per heavy atom. The molecule has 6 heteroatoms. The Kier molecular flexibility index (Phi) is 3.12. The van der Waals surface area contributed by atoms with Crippen molar-refractivity contribution in [1.82, 2.24) is 14.7 Å². The van der Waals surface area contributed by atoms with Crippen molar-refractivity contribution in [2.75, 3.05) is 13.1 Å². The third-order valence-electron chi connectivity index (χ3n) is 2.91. The summed E-state index contributed by atoms with van der Waals surface area (Å²) in [6.07, 6.45) is 2.01. The number of aromatic nitrogens is 2. The molecular formula is C11H15N3O3. The summed E-state index contributed by atoms with van der Waals surface area (Å²) >= 11 is 0. The number of aryl methyl sites for hydroxylation is 1. The van der Waals surface area contributed by atoms with Crippen molar-refractivity contribution in [2.45, 2.75) is 26.3 Å². The number of nitrogens with zero attached hydrogens (tertiary/aromatic N) is 3. The lowest BCUT2D eigenvalue weighted by Crippen LogP contribution is -2.28. The maximum Gasteiger partial charge on any atom is 0.354 e. The monoisotopic (exact) mass is 237 g/mol. The van der Waals surface area contributed by atoms with Gasteiger partial charge in [-0.2, -0.15) is 5.10 Å². The second kappa shape index (κ2) is 4.57. The van der Waals surface area contributed by atoms with Crippen LogP contribution in [0.4, 0.5) is 0 Å². The molecule has 6 nitrogen and oxygen atoms in total. The van der Waals surface area contributed by atoms with Crippen LogP contribution in [0.1, 0.15) is 40.7 Å². The highest BCUT2D eigenvalue weighted by atomic mass is 16.4. The van der Waals surface area contributed by atoms with E-state index >= 15 is 0 Å². The fourth-order valence-electron chi connectivity index (χ4n) is 2.02. The minimum atomic E-state index is -1.06. The largest absolute Gasteiger partial charge is 0.477 e. The van der Waals surface area contributed by atoms with E-state index in [0.29, 0.717) is 6.54 Å². The molecule has 17 heavy (non-hydrogen) atoms. The number of hydrogen-bond donors (Lipinski definition) is 1. The van der Waals surface area contributed by atoms with Crippen LogP contribution in [0.25, 0.3) is 0 Å². The number of aromatic carboxylic acids is 1. The third kappa shape index (κ3) is 2.15. The van der Waals surface area contributed by atoms with E-state index in [1.165, 1.54) is 10.7 Å². The van der Waals surface area contributed by atoms with Crippen LogP contribution in [0.15, 0.2) is 6.07 Å². The van der Waals surface area contributed by atoms with Gasteiger partial charge in [-0.15, -0.1) is 0 Å². The van der Waals surface area contributed by atoms with Gasteiger partial charge in [0, 0.05) is 25.7 Å². The van der Waals surface area contributed by atoms with Gasteiger partial charge in [0.15, 0.2) is 5.69 Å². The molecule has 0 saturated carbocycles. The fraction of sp³-hybridized carbons (Fsp3) is 0.545. The molecule has 0 atom stereocenters. The van der Waals surface area contributed by atoms with Crippen molar-refractivity contribution < 1.29 is 14.7 Å². The predicted molar refractivity (Wildman–Crippen MR) is 60.0 cm³/mol. The number of likely N-dealkylation sites (tertiary alicyclic amines) is 1. The molecule has 2 heterocycles. The molecule has 2 rings (SSSR count). The number of carbonyl (C=O) groups excluding carboxylic acids is 1. The fourth-order valence-corrected chi connectivity index (χ4v) is 2.02. The Morgan fingerprint density at radius 2 is 2.06 bits per heavy atom. The summed E-state index contributed by atoms with van der Waals surface area (Å²) in [5.41, 5.74) is 0.293. The van der Waals surface area contributed by atoms with Crippen LogP contribution < -0.4 is 0 Å². The van der Waals surface area contributed by atoms with Gasteiger partial charge in [-0.25, -0.2) is 4.79 Å². The minimum absolute atomic E-state index is 0.0649. The number of rotatable bonds is 3. The van der Waals surface area contributed by atoms with E-state index in [4.69, 9.17) is 5.11 Å². The molecule has 0 aromatic carbocycles. The zero-order chi connectivity index (χ0) is 12.4. The van der Waals surface area contributed by atoms with Crippen LogP contribution in [0.3, 0.4) is 0 Å². The number of hydrogen-bond acceptors (Lipinski definition) is 3. The van der Waals surface area contributed by atoms with E-state index in [0.717, 1.165) is 25.9 Å². The standard InChI is InChI=1S/C11H15N3O3/c1-2-14-9(11(16)17)7-8(12-14)10(15)13-5-3-4-6-13/h7H,2-6H2,1H3,(H,16,17). The Labute approximate surface area is 98.8 Å². The molecule has 0 spiro atoms. The van der Waals surface area contributed by atoms with Gasteiger partial charge in [-0.05, 0) is 19.8 Å². The SMILES string of the molecule is CCn1nc(C(=O)N2CCCC2)cc1C(=O)O. The topological polar surface area (TPSA) is 75.4 Å². The van der Waals surface area contributed by atoms with Gasteiger partial charge in [-0.3, -0.25) is 9.48 Å². The van der Waals surface area contributed by atoms with E-state index in [9.17, 15) is 9.59 Å². The molecular weight excluding hydrogens is 222 g/mol. The third-order valence-corrected chi connectivity index (χ3v) is 2.91. The highest BCUT2D eigenvalue weighted by Crippen LogP contribution is 2.13. The first-order chi connectivity index (χ1) is 8.13. The molecule has 0 aliphatic carbocycles. The van der Waals surface area contributed by atoms with Gasteiger partial charge in [0.2, 0.25) is 0 Å². The zero-order valence-electron chi connectivity index (χ0n) is 9.72.